The smallest absolute Gasteiger partial charge is 0.134 e. The standard InChI is InChI=1S/C19H17Cl2N3/c20-15-5-6-17-18(11-15)23-19(22-17)13-7-9-24(10-8-13)12-14-3-1-2-4-16(14)21/h1-7,11H,8-10,12H2,(H,22,23). The van der Waals surface area contributed by atoms with Gasteiger partial charge in [0.2, 0.25) is 0 Å². The minimum Gasteiger partial charge on any atom is -0.338 e. The molecule has 3 aromatic rings. The molecule has 2 heterocycles. The van der Waals surface area contributed by atoms with Crippen LogP contribution >= 0.6 is 23.2 Å². The highest BCUT2D eigenvalue weighted by molar-refractivity contribution is 6.31. The van der Waals surface area contributed by atoms with Crippen molar-refractivity contribution in [3.8, 4) is 0 Å². The molecule has 2 aromatic carbocycles. The highest BCUT2D eigenvalue weighted by Gasteiger charge is 2.16. The van der Waals surface area contributed by atoms with Crippen LogP contribution in [0.4, 0.5) is 0 Å². The molecule has 0 amide bonds. The summed E-state index contributed by atoms with van der Waals surface area (Å²) in [7, 11) is 0. The third-order valence-corrected chi connectivity index (χ3v) is 5.00. The van der Waals surface area contributed by atoms with Crippen LogP contribution in [0, 0.1) is 0 Å². The Bertz CT molecular complexity index is 914. The number of nitrogens with one attached hydrogen (secondary N) is 1. The van der Waals surface area contributed by atoms with Gasteiger partial charge >= 0.3 is 0 Å². The molecular formula is C19H17Cl2N3. The lowest BCUT2D eigenvalue weighted by Gasteiger charge is -2.26. The van der Waals surface area contributed by atoms with Gasteiger partial charge in [0.25, 0.3) is 0 Å². The Morgan fingerprint density at radius 1 is 1.12 bits per heavy atom. The Balaban J connectivity index is 1.50. The van der Waals surface area contributed by atoms with Crippen molar-refractivity contribution in [1.29, 1.82) is 0 Å². The lowest BCUT2D eigenvalue weighted by Crippen LogP contribution is -2.28. The number of nitrogens with zero attached hydrogens (tertiary/aromatic N) is 2. The third-order valence-electron chi connectivity index (χ3n) is 4.39. The zero-order valence-electron chi connectivity index (χ0n) is 13.1. The molecule has 0 fully saturated rings. The molecule has 1 aromatic heterocycles. The van der Waals surface area contributed by atoms with Crippen LogP contribution in [0.1, 0.15) is 17.8 Å². The topological polar surface area (TPSA) is 31.9 Å². The van der Waals surface area contributed by atoms with E-state index in [2.05, 4.69) is 27.0 Å². The molecule has 3 nitrogen and oxygen atoms in total. The second kappa shape index (κ2) is 6.60. The maximum Gasteiger partial charge on any atom is 0.134 e. The van der Waals surface area contributed by atoms with E-state index in [-0.39, 0.29) is 0 Å². The van der Waals surface area contributed by atoms with Gasteiger partial charge in [-0.25, -0.2) is 4.98 Å². The van der Waals surface area contributed by atoms with Crippen LogP contribution < -0.4 is 0 Å². The maximum absolute atomic E-state index is 6.26. The Kier molecular flexibility index (Phi) is 4.31. The summed E-state index contributed by atoms with van der Waals surface area (Å²) in [6, 6.07) is 13.8. The molecule has 4 rings (SSSR count). The fourth-order valence-electron chi connectivity index (χ4n) is 3.07. The van der Waals surface area contributed by atoms with Gasteiger partial charge in [-0.15, -0.1) is 0 Å². The summed E-state index contributed by atoms with van der Waals surface area (Å²) in [5, 5.41) is 1.56. The molecule has 0 saturated carbocycles. The average Bonchev–Trinajstić information content (AvgIpc) is 3.01. The number of benzene rings is 2. The molecule has 0 radical (unpaired) electrons. The van der Waals surface area contributed by atoms with Gasteiger partial charge in [-0.3, -0.25) is 4.90 Å². The van der Waals surface area contributed by atoms with Crippen molar-refractivity contribution in [2.45, 2.75) is 13.0 Å². The molecule has 1 N–H and O–H groups in total. The van der Waals surface area contributed by atoms with Gasteiger partial charge in [-0.2, -0.15) is 0 Å². The van der Waals surface area contributed by atoms with Crippen molar-refractivity contribution in [2.75, 3.05) is 13.1 Å². The number of rotatable bonds is 3. The molecule has 0 spiro atoms. The van der Waals surface area contributed by atoms with E-state index < -0.39 is 0 Å². The maximum atomic E-state index is 6.26. The molecule has 0 saturated heterocycles. The first kappa shape index (κ1) is 15.7. The van der Waals surface area contributed by atoms with Gasteiger partial charge in [-0.1, -0.05) is 47.5 Å². The first-order chi connectivity index (χ1) is 11.7. The quantitative estimate of drug-likeness (QED) is 0.701. The number of hydrogen-bond acceptors (Lipinski definition) is 2. The lowest BCUT2D eigenvalue weighted by molar-refractivity contribution is 0.293. The first-order valence-corrected chi connectivity index (χ1v) is 8.75. The van der Waals surface area contributed by atoms with Crippen LogP contribution in [0.2, 0.25) is 10.0 Å². The molecule has 1 aliphatic heterocycles. The number of imidazole rings is 1. The van der Waals surface area contributed by atoms with Crippen molar-refractivity contribution in [3.05, 3.63) is 70.0 Å². The number of hydrogen-bond donors (Lipinski definition) is 1. The molecule has 0 unspecified atom stereocenters. The summed E-state index contributed by atoms with van der Waals surface area (Å²) in [6.07, 6.45) is 3.22. The highest BCUT2D eigenvalue weighted by atomic mass is 35.5. The van der Waals surface area contributed by atoms with Gasteiger partial charge in [0, 0.05) is 29.7 Å². The van der Waals surface area contributed by atoms with Crippen molar-refractivity contribution in [1.82, 2.24) is 14.9 Å². The Morgan fingerprint density at radius 3 is 2.79 bits per heavy atom. The van der Waals surface area contributed by atoms with Crippen molar-refractivity contribution in [2.24, 2.45) is 0 Å². The van der Waals surface area contributed by atoms with E-state index in [4.69, 9.17) is 23.2 Å². The summed E-state index contributed by atoms with van der Waals surface area (Å²) in [5.74, 6) is 0.949. The van der Waals surface area contributed by atoms with Crippen molar-refractivity contribution >= 4 is 39.8 Å². The largest absolute Gasteiger partial charge is 0.338 e. The summed E-state index contributed by atoms with van der Waals surface area (Å²) in [4.78, 5) is 10.4. The van der Waals surface area contributed by atoms with Crippen molar-refractivity contribution in [3.63, 3.8) is 0 Å². The van der Waals surface area contributed by atoms with E-state index in [1.165, 1.54) is 11.1 Å². The minimum absolute atomic E-state index is 0.723. The van der Waals surface area contributed by atoms with Gasteiger partial charge in [0.05, 0.1) is 11.0 Å². The van der Waals surface area contributed by atoms with Gasteiger partial charge < -0.3 is 4.98 Å². The van der Waals surface area contributed by atoms with Crippen LogP contribution in [0.3, 0.4) is 0 Å². The van der Waals surface area contributed by atoms with Crippen LogP contribution in [-0.2, 0) is 6.54 Å². The van der Waals surface area contributed by atoms with E-state index >= 15 is 0 Å². The molecule has 0 bridgehead atoms. The Hall–Kier alpha value is -1.81. The third kappa shape index (κ3) is 3.20. The molecule has 0 atom stereocenters. The molecule has 0 aliphatic carbocycles. The predicted octanol–water partition coefficient (Wildman–Crippen LogP) is 5.16. The molecule has 1 aliphatic rings. The zero-order chi connectivity index (χ0) is 16.5. The second-order valence-electron chi connectivity index (χ2n) is 6.05. The van der Waals surface area contributed by atoms with E-state index in [0.29, 0.717) is 0 Å². The van der Waals surface area contributed by atoms with Crippen LogP contribution in [-0.4, -0.2) is 28.0 Å². The summed E-state index contributed by atoms with van der Waals surface area (Å²) < 4.78 is 0. The zero-order valence-corrected chi connectivity index (χ0v) is 14.6. The summed E-state index contributed by atoms with van der Waals surface area (Å²) in [5.41, 5.74) is 4.37. The Labute approximate surface area is 150 Å². The van der Waals surface area contributed by atoms with Crippen LogP contribution in [0.25, 0.3) is 16.6 Å². The molecular weight excluding hydrogens is 341 g/mol. The van der Waals surface area contributed by atoms with E-state index in [0.717, 1.165) is 53.0 Å². The SMILES string of the molecule is Clc1ccc2nc(C3=CCN(Cc4ccccc4Cl)CC3)[nH]c2c1. The normalized spacial score (nSPS) is 15.7. The minimum atomic E-state index is 0.723. The summed E-state index contributed by atoms with van der Waals surface area (Å²) in [6.45, 7) is 2.77. The van der Waals surface area contributed by atoms with Crippen LogP contribution in [0.15, 0.2) is 48.5 Å². The fourth-order valence-corrected chi connectivity index (χ4v) is 3.44. The predicted molar refractivity (Wildman–Crippen MR) is 100 cm³/mol. The van der Waals surface area contributed by atoms with E-state index in [1.54, 1.807) is 0 Å². The van der Waals surface area contributed by atoms with Crippen molar-refractivity contribution < 1.29 is 0 Å². The van der Waals surface area contributed by atoms with Gasteiger partial charge in [0.1, 0.15) is 5.82 Å². The molecule has 24 heavy (non-hydrogen) atoms. The number of halogens is 2. The highest BCUT2D eigenvalue weighted by Crippen LogP contribution is 2.25. The fraction of sp³-hybridized carbons (Fsp3) is 0.211. The van der Waals surface area contributed by atoms with Gasteiger partial charge in [0.15, 0.2) is 0 Å². The van der Waals surface area contributed by atoms with E-state index in [9.17, 15) is 0 Å². The van der Waals surface area contributed by atoms with Crippen LogP contribution in [0.5, 0.6) is 0 Å². The number of aromatic amines is 1. The monoisotopic (exact) mass is 357 g/mol. The number of fused-ring (bicyclic) bond motifs is 1. The molecule has 122 valence electrons. The van der Waals surface area contributed by atoms with E-state index in [1.807, 2.05) is 36.4 Å². The Morgan fingerprint density at radius 2 is 2.00 bits per heavy atom. The molecule has 5 heteroatoms. The number of aromatic nitrogens is 2. The summed E-state index contributed by atoms with van der Waals surface area (Å²) >= 11 is 12.3. The average molecular weight is 358 g/mol. The second-order valence-corrected chi connectivity index (χ2v) is 6.90. The lowest BCUT2D eigenvalue weighted by atomic mass is 10.1. The van der Waals surface area contributed by atoms with Gasteiger partial charge in [-0.05, 0) is 41.8 Å². The first-order valence-electron chi connectivity index (χ1n) is 7.99. The number of H-pyrrole nitrogens is 1.